The smallest absolute Gasteiger partial charge is 0.325 e. The first-order valence-corrected chi connectivity index (χ1v) is 4.33. The van der Waals surface area contributed by atoms with E-state index in [1.54, 1.807) is 6.92 Å². The Morgan fingerprint density at radius 3 is 3.08 bits per heavy atom. The Hall–Kier alpha value is -0.610. The van der Waals surface area contributed by atoms with Gasteiger partial charge in [-0.15, -0.1) is 0 Å². The van der Waals surface area contributed by atoms with Gasteiger partial charge in [0.25, 0.3) is 0 Å². The fourth-order valence-corrected chi connectivity index (χ4v) is 1.34. The highest BCUT2D eigenvalue weighted by molar-refractivity contribution is 5.76. The minimum absolute atomic E-state index is 0.343. The molecule has 2 atom stereocenters. The quantitative estimate of drug-likeness (QED) is 0.561. The molecule has 2 N–H and O–H groups in total. The summed E-state index contributed by atoms with van der Waals surface area (Å²) in [6, 6.07) is -0.515. The highest BCUT2D eigenvalue weighted by Crippen LogP contribution is 2.09. The Morgan fingerprint density at radius 1 is 1.75 bits per heavy atom. The SMILES string of the molecule is CCOC(=O)C1NCCCC1O. The van der Waals surface area contributed by atoms with E-state index in [9.17, 15) is 9.90 Å². The summed E-state index contributed by atoms with van der Waals surface area (Å²) in [5.74, 6) is -0.343. The minimum atomic E-state index is -0.585. The molecule has 0 aliphatic carbocycles. The molecule has 1 aliphatic heterocycles. The average molecular weight is 173 g/mol. The van der Waals surface area contributed by atoms with Crippen LogP contribution in [0.2, 0.25) is 0 Å². The lowest BCUT2D eigenvalue weighted by molar-refractivity contribution is -0.149. The van der Waals surface area contributed by atoms with E-state index in [2.05, 4.69) is 5.32 Å². The molecule has 0 radical (unpaired) electrons. The molecule has 4 heteroatoms. The molecule has 1 rings (SSSR count). The van der Waals surface area contributed by atoms with Crippen LogP contribution in [0.3, 0.4) is 0 Å². The third-order valence-corrected chi connectivity index (χ3v) is 1.97. The third-order valence-electron chi connectivity index (χ3n) is 1.97. The van der Waals surface area contributed by atoms with Crippen LogP contribution in [0.1, 0.15) is 19.8 Å². The zero-order valence-electron chi connectivity index (χ0n) is 7.25. The van der Waals surface area contributed by atoms with Crippen molar-refractivity contribution in [2.75, 3.05) is 13.2 Å². The molecule has 2 unspecified atom stereocenters. The van der Waals surface area contributed by atoms with Crippen LogP contribution in [0.25, 0.3) is 0 Å². The number of hydrogen-bond donors (Lipinski definition) is 2. The second-order valence-electron chi connectivity index (χ2n) is 2.89. The Balaban J connectivity index is 2.42. The topological polar surface area (TPSA) is 58.6 Å². The predicted molar refractivity (Wildman–Crippen MR) is 43.7 cm³/mol. The molecule has 4 nitrogen and oxygen atoms in total. The maximum atomic E-state index is 11.2. The largest absolute Gasteiger partial charge is 0.465 e. The standard InChI is InChI=1S/C8H15NO3/c1-2-12-8(11)7-6(10)4-3-5-9-7/h6-7,9-10H,2-5H2,1H3. The van der Waals surface area contributed by atoms with E-state index in [1.165, 1.54) is 0 Å². The number of hydrogen-bond acceptors (Lipinski definition) is 4. The lowest BCUT2D eigenvalue weighted by atomic mass is 10.0. The monoisotopic (exact) mass is 173 g/mol. The van der Waals surface area contributed by atoms with E-state index >= 15 is 0 Å². The van der Waals surface area contributed by atoms with E-state index in [-0.39, 0.29) is 5.97 Å². The number of aliphatic hydroxyl groups excluding tert-OH is 1. The van der Waals surface area contributed by atoms with Crippen molar-refractivity contribution in [3.8, 4) is 0 Å². The fourth-order valence-electron chi connectivity index (χ4n) is 1.34. The van der Waals surface area contributed by atoms with E-state index in [0.29, 0.717) is 13.0 Å². The summed E-state index contributed by atoms with van der Waals surface area (Å²) >= 11 is 0. The molecule has 0 saturated carbocycles. The Kier molecular flexibility index (Phi) is 3.49. The van der Waals surface area contributed by atoms with Gasteiger partial charge in [0.2, 0.25) is 0 Å². The summed E-state index contributed by atoms with van der Waals surface area (Å²) in [6.45, 7) is 2.90. The number of nitrogens with one attached hydrogen (secondary N) is 1. The highest BCUT2D eigenvalue weighted by Gasteiger charge is 2.29. The van der Waals surface area contributed by atoms with Gasteiger partial charge in [0.1, 0.15) is 6.04 Å². The first-order chi connectivity index (χ1) is 5.75. The third kappa shape index (κ3) is 2.19. The highest BCUT2D eigenvalue weighted by atomic mass is 16.5. The summed E-state index contributed by atoms with van der Waals surface area (Å²) in [5, 5.41) is 12.3. The van der Waals surface area contributed by atoms with Crippen LogP contribution >= 0.6 is 0 Å². The molecular formula is C8H15NO3. The van der Waals surface area contributed by atoms with Crippen molar-refractivity contribution in [2.24, 2.45) is 0 Å². The zero-order valence-corrected chi connectivity index (χ0v) is 7.25. The number of carbonyl (C=O) groups excluding carboxylic acids is 1. The van der Waals surface area contributed by atoms with E-state index in [4.69, 9.17) is 4.74 Å². The molecule has 0 aromatic rings. The van der Waals surface area contributed by atoms with Crippen molar-refractivity contribution in [1.82, 2.24) is 5.32 Å². The van der Waals surface area contributed by atoms with Crippen LogP contribution in [-0.4, -0.2) is 36.4 Å². The van der Waals surface area contributed by atoms with Gasteiger partial charge < -0.3 is 15.2 Å². The average Bonchev–Trinajstić information content (AvgIpc) is 2.05. The summed E-state index contributed by atoms with van der Waals surface area (Å²) in [7, 11) is 0. The second kappa shape index (κ2) is 4.42. The van der Waals surface area contributed by atoms with Crippen LogP contribution < -0.4 is 5.32 Å². The van der Waals surface area contributed by atoms with Crippen LogP contribution in [0, 0.1) is 0 Å². The van der Waals surface area contributed by atoms with Gasteiger partial charge in [-0.2, -0.15) is 0 Å². The van der Waals surface area contributed by atoms with Crippen molar-refractivity contribution in [3.05, 3.63) is 0 Å². The van der Waals surface area contributed by atoms with E-state index in [1.807, 2.05) is 0 Å². The molecule has 1 fully saturated rings. The van der Waals surface area contributed by atoms with Crippen molar-refractivity contribution < 1.29 is 14.6 Å². The van der Waals surface area contributed by atoms with Crippen molar-refractivity contribution in [2.45, 2.75) is 31.9 Å². The van der Waals surface area contributed by atoms with E-state index in [0.717, 1.165) is 13.0 Å². The van der Waals surface area contributed by atoms with Gasteiger partial charge in [0, 0.05) is 0 Å². The fraction of sp³-hybridized carbons (Fsp3) is 0.875. The molecule has 1 aliphatic rings. The molecule has 70 valence electrons. The molecule has 0 bridgehead atoms. The maximum Gasteiger partial charge on any atom is 0.325 e. The lowest BCUT2D eigenvalue weighted by Crippen LogP contribution is -2.50. The van der Waals surface area contributed by atoms with Crippen LogP contribution in [0.5, 0.6) is 0 Å². The predicted octanol–water partition coefficient (Wildman–Crippen LogP) is -0.338. The van der Waals surface area contributed by atoms with Gasteiger partial charge in [0.15, 0.2) is 0 Å². The van der Waals surface area contributed by atoms with Gasteiger partial charge in [0.05, 0.1) is 12.7 Å². The van der Waals surface area contributed by atoms with Crippen LogP contribution in [0.4, 0.5) is 0 Å². The normalized spacial score (nSPS) is 29.8. The molecule has 0 aromatic carbocycles. The Labute approximate surface area is 71.9 Å². The zero-order chi connectivity index (χ0) is 8.97. The maximum absolute atomic E-state index is 11.2. The molecule has 1 saturated heterocycles. The van der Waals surface area contributed by atoms with Gasteiger partial charge in [-0.3, -0.25) is 4.79 Å². The Morgan fingerprint density at radius 2 is 2.50 bits per heavy atom. The molecular weight excluding hydrogens is 158 g/mol. The van der Waals surface area contributed by atoms with Gasteiger partial charge in [-0.25, -0.2) is 0 Å². The van der Waals surface area contributed by atoms with Crippen molar-refractivity contribution >= 4 is 5.97 Å². The molecule has 0 amide bonds. The van der Waals surface area contributed by atoms with Gasteiger partial charge in [-0.1, -0.05) is 0 Å². The molecule has 0 spiro atoms. The number of carbonyl (C=O) groups is 1. The van der Waals surface area contributed by atoms with Crippen molar-refractivity contribution in [1.29, 1.82) is 0 Å². The lowest BCUT2D eigenvalue weighted by Gasteiger charge is -2.26. The Bertz CT molecular complexity index is 160. The first kappa shape index (κ1) is 9.48. The van der Waals surface area contributed by atoms with E-state index < -0.39 is 12.1 Å². The van der Waals surface area contributed by atoms with Crippen LogP contribution in [0.15, 0.2) is 0 Å². The second-order valence-corrected chi connectivity index (χ2v) is 2.89. The summed E-state index contributed by atoms with van der Waals surface area (Å²) in [6.07, 6.45) is 1.01. The molecule has 12 heavy (non-hydrogen) atoms. The van der Waals surface area contributed by atoms with Crippen LogP contribution in [-0.2, 0) is 9.53 Å². The first-order valence-electron chi connectivity index (χ1n) is 4.33. The molecule has 1 heterocycles. The minimum Gasteiger partial charge on any atom is -0.465 e. The number of ether oxygens (including phenoxy) is 1. The summed E-state index contributed by atoms with van der Waals surface area (Å²) < 4.78 is 4.79. The number of aliphatic hydroxyl groups is 1. The number of rotatable bonds is 2. The summed E-state index contributed by atoms with van der Waals surface area (Å²) in [4.78, 5) is 11.2. The number of esters is 1. The van der Waals surface area contributed by atoms with Crippen molar-refractivity contribution in [3.63, 3.8) is 0 Å². The molecule has 0 aromatic heterocycles. The number of piperidine rings is 1. The van der Waals surface area contributed by atoms with Gasteiger partial charge >= 0.3 is 5.97 Å². The summed E-state index contributed by atoms with van der Waals surface area (Å²) in [5.41, 5.74) is 0. The van der Waals surface area contributed by atoms with Gasteiger partial charge in [-0.05, 0) is 26.3 Å².